The van der Waals surface area contributed by atoms with Gasteiger partial charge in [-0.25, -0.2) is 9.18 Å². The zero-order valence-corrected chi connectivity index (χ0v) is 15.0. The Morgan fingerprint density at radius 2 is 2.12 bits per heavy atom. The van der Waals surface area contributed by atoms with Crippen molar-refractivity contribution in [1.29, 1.82) is 0 Å². The normalized spacial score (nSPS) is 20.2. The smallest absolute Gasteiger partial charge is 0.321 e. The van der Waals surface area contributed by atoms with Gasteiger partial charge in [-0.2, -0.15) is 0 Å². The molecule has 138 valence electrons. The summed E-state index contributed by atoms with van der Waals surface area (Å²) >= 11 is 0. The summed E-state index contributed by atoms with van der Waals surface area (Å²) in [5, 5.41) is 5.34. The number of anilines is 1. The van der Waals surface area contributed by atoms with E-state index in [0.29, 0.717) is 25.3 Å². The number of methoxy groups -OCH3 is 1. The number of amides is 3. The Labute approximate surface area is 147 Å². The third kappa shape index (κ3) is 4.69. The molecule has 25 heavy (non-hydrogen) atoms. The number of piperidine rings is 1. The van der Waals surface area contributed by atoms with Crippen LogP contribution in [0.15, 0.2) is 18.2 Å². The molecule has 1 aliphatic rings. The Morgan fingerprint density at radius 3 is 2.84 bits per heavy atom. The van der Waals surface area contributed by atoms with E-state index in [0.717, 1.165) is 11.1 Å². The minimum atomic E-state index is -2.06. The maximum absolute atomic E-state index is 15.0. The Morgan fingerprint density at radius 1 is 1.36 bits per heavy atom. The van der Waals surface area contributed by atoms with Gasteiger partial charge in [0.2, 0.25) is 5.67 Å². The van der Waals surface area contributed by atoms with Gasteiger partial charge in [0.1, 0.15) is 0 Å². The molecule has 0 aromatic heterocycles. The molecule has 2 rings (SSSR count). The van der Waals surface area contributed by atoms with Gasteiger partial charge in [-0.1, -0.05) is 12.1 Å². The van der Waals surface area contributed by atoms with Crippen molar-refractivity contribution in [3.63, 3.8) is 0 Å². The number of benzene rings is 1. The second kappa shape index (κ2) is 8.29. The van der Waals surface area contributed by atoms with Crippen LogP contribution in [0.2, 0.25) is 0 Å². The number of carbonyl (C=O) groups excluding carboxylic acids is 2. The Kier molecular flexibility index (Phi) is 6.36. The summed E-state index contributed by atoms with van der Waals surface area (Å²) in [6.45, 7) is 4.62. The van der Waals surface area contributed by atoms with Crippen molar-refractivity contribution in [3.05, 3.63) is 29.3 Å². The van der Waals surface area contributed by atoms with E-state index in [1.54, 1.807) is 0 Å². The van der Waals surface area contributed by atoms with Crippen LogP contribution in [0, 0.1) is 13.8 Å². The van der Waals surface area contributed by atoms with Gasteiger partial charge in [0.25, 0.3) is 5.91 Å². The van der Waals surface area contributed by atoms with Gasteiger partial charge in [0.05, 0.1) is 13.2 Å². The van der Waals surface area contributed by atoms with Gasteiger partial charge in [-0.05, 0) is 43.9 Å². The molecular formula is C18H26FN3O3. The lowest BCUT2D eigenvalue weighted by Crippen LogP contribution is -2.56. The molecule has 6 nitrogen and oxygen atoms in total. The van der Waals surface area contributed by atoms with E-state index in [9.17, 15) is 9.59 Å². The van der Waals surface area contributed by atoms with E-state index in [1.807, 2.05) is 32.0 Å². The van der Waals surface area contributed by atoms with Gasteiger partial charge < -0.3 is 20.3 Å². The first-order valence-electron chi connectivity index (χ1n) is 8.45. The average Bonchev–Trinajstić information content (AvgIpc) is 2.59. The average molecular weight is 351 g/mol. The molecule has 1 aromatic rings. The highest BCUT2D eigenvalue weighted by Gasteiger charge is 2.43. The monoisotopic (exact) mass is 351 g/mol. The lowest BCUT2D eigenvalue weighted by atomic mass is 9.94. The molecular weight excluding hydrogens is 325 g/mol. The number of likely N-dealkylation sites (tertiary alicyclic amines) is 1. The summed E-state index contributed by atoms with van der Waals surface area (Å²) in [6.07, 6.45) is 0.549. The number of urea groups is 1. The highest BCUT2D eigenvalue weighted by Crippen LogP contribution is 2.27. The molecule has 1 heterocycles. The Balaban J connectivity index is 2.01. The molecule has 1 atom stereocenters. The van der Waals surface area contributed by atoms with Crippen LogP contribution in [0.3, 0.4) is 0 Å². The minimum absolute atomic E-state index is 0.110. The third-order valence-electron chi connectivity index (χ3n) is 4.57. The predicted octanol–water partition coefficient (Wildman–Crippen LogP) is 2.40. The zero-order chi connectivity index (χ0) is 18.4. The van der Waals surface area contributed by atoms with E-state index < -0.39 is 11.6 Å². The van der Waals surface area contributed by atoms with E-state index in [-0.39, 0.29) is 25.5 Å². The van der Waals surface area contributed by atoms with Gasteiger partial charge in [0, 0.05) is 25.9 Å². The Bertz CT molecular complexity index is 638. The number of aryl methyl sites for hydroxylation is 1. The summed E-state index contributed by atoms with van der Waals surface area (Å²) in [6, 6.07) is 5.24. The third-order valence-corrected chi connectivity index (χ3v) is 4.57. The van der Waals surface area contributed by atoms with Crippen molar-refractivity contribution >= 4 is 17.6 Å². The summed E-state index contributed by atoms with van der Waals surface area (Å²) in [7, 11) is 1.51. The van der Waals surface area contributed by atoms with Gasteiger partial charge in [-0.3, -0.25) is 4.79 Å². The van der Waals surface area contributed by atoms with E-state index in [1.165, 1.54) is 12.0 Å². The second-order valence-electron chi connectivity index (χ2n) is 6.42. The topological polar surface area (TPSA) is 70.7 Å². The zero-order valence-electron chi connectivity index (χ0n) is 15.0. The second-order valence-corrected chi connectivity index (χ2v) is 6.42. The fraction of sp³-hybridized carbons (Fsp3) is 0.556. The number of nitrogens with zero attached hydrogens (tertiary/aromatic N) is 1. The first-order valence-corrected chi connectivity index (χ1v) is 8.45. The lowest BCUT2D eigenvalue weighted by molar-refractivity contribution is -0.135. The van der Waals surface area contributed by atoms with E-state index in [4.69, 9.17) is 4.74 Å². The molecule has 1 aromatic carbocycles. The fourth-order valence-electron chi connectivity index (χ4n) is 2.88. The maximum atomic E-state index is 15.0. The number of ether oxygens (including phenoxy) is 1. The fourth-order valence-corrected chi connectivity index (χ4v) is 2.88. The number of hydrogen-bond acceptors (Lipinski definition) is 3. The number of alkyl halides is 1. The van der Waals surface area contributed by atoms with Crippen LogP contribution >= 0.6 is 0 Å². The van der Waals surface area contributed by atoms with Crippen LogP contribution in [0.1, 0.15) is 24.0 Å². The van der Waals surface area contributed by atoms with Crippen LogP contribution < -0.4 is 10.6 Å². The SMILES string of the molecule is COCCNC(=O)C1(F)CCCN(C(=O)Nc2cccc(C)c2C)C1. The van der Waals surface area contributed by atoms with Gasteiger partial charge >= 0.3 is 6.03 Å². The standard InChI is InChI=1S/C18H26FN3O3/c1-13-6-4-7-15(14(13)2)21-17(24)22-10-5-8-18(19,12-22)16(23)20-9-11-25-3/h4,6-7H,5,8-12H2,1-3H3,(H,20,23)(H,21,24). The van der Waals surface area contributed by atoms with E-state index >= 15 is 4.39 Å². The first-order chi connectivity index (χ1) is 11.9. The molecule has 0 aliphatic carbocycles. The number of carbonyl (C=O) groups is 2. The van der Waals surface area contributed by atoms with Gasteiger partial charge in [-0.15, -0.1) is 0 Å². The molecule has 1 saturated heterocycles. The number of halogens is 1. The summed E-state index contributed by atoms with van der Waals surface area (Å²) < 4.78 is 19.9. The molecule has 0 bridgehead atoms. The van der Waals surface area contributed by atoms with Crippen molar-refractivity contribution in [2.24, 2.45) is 0 Å². The van der Waals surface area contributed by atoms with Crippen LogP contribution in [0.4, 0.5) is 14.9 Å². The molecule has 0 saturated carbocycles. The number of nitrogens with one attached hydrogen (secondary N) is 2. The molecule has 7 heteroatoms. The van der Waals surface area contributed by atoms with Crippen molar-refractivity contribution in [1.82, 2.24) is 10.2 Å². The largest absolute Gasteiger partial charge is 0.383 e. The van der Waals surface area contributed by atoms with Crippen LogP contribution in [0.25, 0.3) is 0 Å². The van der Waals surface area contributed by atoms with Crippen molar-refractivity contribution < 1.29 is 18.7 Å². The first kappa shape index (κ1) is 19.2. The van der Waals surface area contributed by atoms with Crippen LogP contribution in [-0.2, 0) is 9.53 Å². The molecule has 0 radical (unpaired) electrons. The van der Waals surface area contributed by atoms with E-state index in [2.05, 4.69) is 10.6 Å². The van der Waals surface area contributed by atoms with Gasteiger partial charge in [0.15, 0.2) is 0 Å². The highest BCUT2D eigenvalue weighted by molar-refractivity contribution is 5.92. The molecule has 3 amide bonds. The van der Waals surface area contributed by atoms with Crippen LogP contribution in [-0.4, -0.2) is 55.9 Å². The Hall–Kier alpha value is -2.15. The predicted molar refractivity (Wildman–Crippen MR) is 94.5 cm³/mol. The quantitative estimate of drug-likeness (QED) is 0.801. The molecule has 1 unspecified atom stereocenters. The van der Waals surface area contributed by atoms with Crippen molar-refractivity contribution in [2.75, 3.05) is 38.7 Å². The summed E-state index contributed by atoms with van der Waals surface area (Å²) in [5.74, 6) is -0.686. The summed E-state index contributed by atoms with van der Waals surface area (Å²) in [4.78, 5) is 26.0. The molecule has 1 aliphatic heterocycles. The van der Waals surface area contributed by atoms with Crippen molar-refractivity contribution in [3.8, 4) is 0 Å². The molecule has 0 spiro atoms. The minimum Gasteiger partial charge on any atom is -0.383 e. The highest BCUT2D eigenvalue weighted by atomic mass is 19.1. The number of hydrogen-bond donors (Lipinski definition) is 2. The number of rotatable bonds is 5. The van der Waals surface area contributed by atoms with Crippen molar-refractivity contribution in [2.45, 2.75) is 32.4 Å². The van der Waals surface area contributed by atoms with Crippen LogP contribution in [0.5, 0.6) is 0 Å². The summed E-state index contributed by atoms with van der Waals surface area (Å²) in [5.41, 5.74) is 0.667. The maximum Gasteiger partial charge on any atom is 0.321 e. The lowest BCUT2D eigenvalue weighted by Gasteiger charge is -2.36. The molecule has 1 fully saturated rings. The molecule has 2 N–H and O–H groups in total.